The fourth-order valence-corrected chi connectivity index (χ4v) is 2.40. The molecular weight excluding hydrogens is 254 g/mol. The van der Waals surface area contributed by atoms with Gasteiger partial charge in [-0.1, -0.05) is 22.4 Å². The highest BCUT2D eigenvalue weighted by Gasteiger charge is 2.27. The number of methoxy groups -OCH3 is 1. The van der Waals surface area contributed by atoms with E-state index in [9.17, 15) is 0 Å². The number of hydrogen-bond donors (Lipinski definition) is 1. The van der Waals surface area contributed by atoms with E-state index in [4.69, 9.17) is 10.5 Å². The minimum atomic E-state index is 0.117. The molecule has 15 heavy (non-hydrogen) atoms. The molecule has 1 aliphatic carbocycles. The maximum Gasteiger partial charge on any atom is 0.123 e. The molecule has 0 radical (unpaired) electrons. The van der Waals surface area contributed by atoms with Gasteiger partial charge in [0.05, 0.1) is 7.11 Å². The fourth-order valence-electron chi connectivity index (χ4n) is 2.02. The Morgan fingerprint density at radius 1 is 1.47 bits per heavy atom. The van der Waals surface area contributed by atoms with Gasteiger partial charge < -0.3 is 10.5 Å². The third-order valence-electron chi connectivity index (χ3n) is 3.21. The molecule has 2 nitrogen and oxygen atoms in total. The van der Waals surface area contributed by atoms with Crippen molar-refractivity contribution in [3.63, 3.8) is 0 Å². The average molecular weight is 270 g/mol. The second-order valence-corrected chi connectivity index (χ2v) is 5.02. The molecule has 0 bridgehead atoms. The van der Waals surface area contributed by atoms with Crippen LogP contribution in [0.1, 0.15) is 30.9 Å². The zero-order chi connectivity index (χ0) is 10.8. The molecule has 2 N–H and O–H groups in total. The Morgan fingerprint density at radius 3 is 2.73 bits per heavy atom. The summed E-state index contributed by atoms with van der Waals surface area (Å²) in [6.07, 6.45) is 3.81. The maximum absolute atomic E-state index is 6.24. The Labute approximate surface area is 98.9 Å². The van der Waals surface area contributed by atoms with Gasteiger partial charge in [0.1, 0.15) is 5.75 Å². The van der Waals surface area contributed by atoms with Crippen molar-refractivity contribution in [3.05, 3.63) is 28.2 Å². The molecular formula is C12H16BrNO. The highest BCUT2D eigenvalue weighted by molar-refractivity contribution is 9.10. The predicted molar refractivity (Wildman–Crippen MR) is 65.0 cm³/mol. The van der Waals surface area contributed by atoms with Crippen LogP contribution in [0.3, 0.4) is 0 Å². The van der Waals surface area contributed by atoms with Crippen LogP contribution in [0.5, 0.6) is 5.75 Å². The van der Waals surface area contributed by atoms with Gasteiger partial charge >= 0.3 is 0 Å². The molecule has 0 aromatic heterocycles. The smallest absolute Gasteiger partial charge is 0.123 e. The van der Waals surface area contributed by atoms with Crippen LogP contribution in [-0.2, 0) is 0 Å². The van der Waals surface area contributed by atoms with E-state index >= 15 is 0 Å². The van der Waals surface area contributed by atoms with E-state index in [1.165, 1.54) is 19.3 Å². The second-order valence-electron chi connectivity index (χ2n) is 4.10. The molecule has 1 atom stereocenters. The third-order valence-corrected chi connectivity index (χ3v) is 3.70. The molecule has 1 saturated carbocycles. The van der Waals surface area contributed by atoms with Gasteiger partial charge in [0, 0.05) is 16.1 Å². The average Bonchev–Trinajstić information content (AvgIpc) is 2.15. The van der Waals surface area contributed by atoms with Crippen molar-refractivity contribution in [2.24, 2.45) is 11.7 Å². The molecule has 1 aromatic rings. The van der Waals surface area contributed by atoms with Gasteiger partial charge in [0.15, 0.2) is 0 Å². The summed E-state index contributed by atoms with van der Waals surface area (Å²) >= 11 is 3.47. The summed E-state index contributed by atoms with van der Waals surface area (Å²) in [6.45, 7) is 0. The number of halogens is 1. The zero-order valence-corrected chi connectivity index (χ0v) is 10.5. The van der Waals surface area contributed by atoms with Crippen LogP contribution in [0.2, 0.25) is 0 Å². The Balaban J connectivity index is 2.27. The van der Waals surface area contributed by atoms with Crippen LogP contribution in [0, 0.1) is 5.92 Å². The lowest BCUT2D eigenvalue weighted by Crippen LogP contribution is -2.27. The summed E-state index contributed by atoms with van der Waals surface area (Å²) in [6, 6.07) is 6.14. The molecule has 0 saturated heterocycles. The van der Waals surface area contributed by atoms with E-state index in [1.807, 2.05) is 12.1 Å². The summed E-state index contributed by atoms with van der Waals surface area (Å²) in [4.78, 5) is 0. The Hall–Kier alpha value is -0.540. The van der Waals surface area contributed by atoms with E-state index in [0.717, 1.165) is 15.8 Å². The lowest BCUT2D eigenvalue weighted by molar-refractivity contribution is 0.259. The highest BCUT2D eigenvalue weighted by Crippen LogP contribution is 2.39. The molecule has 0 heterocycles. The van der Waals surface area contributed by atoms with E-state index in [-0.39, 0.29) is 6.04 Å². The molecule has 2 rings (SSSR count). The van der Waals surface area contributed by atoms with Crippen molar-refractivity contribution in [1.29, 1.82) is 0 Å². The van der Waals surface area contributed by atoms with Gasteiger partial charge in [-0.15, -0.1) is 0 Å². The van der Waals surface area contributed by atoms with Crippen LogP contribution < -0.4 is 10.5 Å². The third kappa shape index (κ3) is 2.18. The van der Waals surface area contributed by atoms with Crippen LogP contribution in [0.15, 0.2) is 22.7 Å². The van der Waals surface area contributed by atoms with Crippen molar-refractivity contribution < 1.29 is 4.74 Å². The quantitative estimate of drug-likeness (QED) is 0.915. The topological polar surface area (TPSA) is 35.2 Å². The van der Waals surface area contributed by atoms with Gasteiger partial charge in [-0.25, -0.2) is 0 Å². The van der Waals surface area contributed by atoms with Crippen molar-refractivity contribution in [1.82, 2.24) is 0 Å². The first kappa shape index (κ1) is 11.0. The molecule has 82 valence electrons. The van der Waals surface area contributed by atoms with Crippen molar-refractivity contribution in [3.8, 4) is 5.75 Å². The molecule has 1 fully saturated rings. The van der Waals surface area contributed by atoms with Gasteiger partial charge in [-0.2, -0.15) is 0 Å². The molecule has 1 aromatic carbocycles. The van der Waals surface area contributed by atoms with Gasteiger partial charge in [-0.3, -0.25) is 0 Å². The van der Waals surface area contributed by atoms with Crippen molar-refractivity contribution >= 4 is 15.9 Å². The minimum Gasteiger partial charge on any atom is -0.496 e. The summed E-state index contributed by atoms with van der Waals surface area (Å²) in [5.74, 6) is 1.53. The first-order valence-electron chi connectivity index (χ1n) is 5.31. The number of rotatable bonds is 3. The number of nitrogens with two attached hydrogens (primary N) is 1. The van der Waals surface area contributed by atoms with Crippen LogP contribution in [-0.4, -0.2) is 7.11 Å². The van der Waals surface area contributed by atoms with Crippen LogP contribution in [0.25, 0.3) is 0 Å². The lowest BCUT2D eigenvalue weighted by Gasteiger charge is -2.32. The standard InChI is InChI=1S/C12H16BrNO/c1-15-11-6-5-9(13)7-10(11)12(14)8-3-2-4-8/h5-8,12H,2-4,14H2,1H3. The van der Waals surface area contributed by atoms with Crippen LogP contribution >= 0.6 is 15.9 Å². The summed E-state index contributed by atoms with van der Waals surface area (Å²) in [5.41, 5.74) is 7.37. The van der Waals surface area contributed by atoms with Gasteiger partial charge in [-0.05, 0) is 37.0 Å². The van der Waals surface area contributed by atoms with Crippen LogP contribution in [0.4, 0.5) is 0 Å². The van der Waals surface area contributed by atoms with Gasteiger partial charge in [0.25, 0.3) is 0 Å². The first-order chi connectivity index (χ1) is 7.22. The highest BCUT2D eigenvalue weighted by atomic mass is 79.9. The predicted octanol–water partition coefficient (Wildman–Crippen LogP) is 3.26. The number of ether oxygens (including phenoxy) is 1. The second kappa shape index (κ2) is 4.54. The van der Waals surface area contributed by atoms with Crippen molar-refractivity contribution in [2.75, 3.05) is 7.11 Å². The zero-order valence-electron chi connectivity index (χ0n) is 8.87. The Morgan fingerprint density at radius 2 is 2.20 bits per heavy atom. The summed E-state index contributed by atoms with van der Waals surface area (Å²) in [7, 11) is 1.69. The first-order valence-corrected chi connectivity index (χ1v) is 6.10. The summed E-state index contributed by atoms with van der Waals surface area (Å²) < 4.78 is 6.40. The Kier molecular flexibility index (Phi) is 3.32. The molecule has 3 heteroatoms. The van der Waals surface area contributed by atoms with E-state index < -0.39 is 0 Å². The number of benzene rings is 1. The molecule has 0 aliphatic heterocycles. The van der Waals surface area contributed by atoms with Gasteiger partial charge in [0.2, 0.25) is 0 Å². The summed E-state index contributed by atoms with van der Waals surface area (Å²) in [5, 5.41) is 0. The monoisotopic (exact) mass is 269 g/mol. The fraction of sp³-hybridized carbons (Fsp3) is 0.500. The minimum absolute atomic E-state index is 0.117. The van der Waals surface area contributed by atoms with E-state index in [1.54, 1.807) is 7.11 Å². The largest absolute Gasteiger partial charge is 0.496 e. The SMILES string of the molecule is COc1ccc(Br)cc1C(N)C1CCC1. The maximum atomic E-state index is 6.24. The Bertz CT molecular complexity index is 349. The lowest BCUT2D eigenvalue weighted by atomic mass is 9.77. The molecule has 0 spiro atoms. The normalized spacial score (nSPS) is 18.3. The molecule has 1 unspecified atom stereocenters. The van der Waals surface area contributed by atoms with Crippen molar-refractivity contribution in [2.45, 2.75) is 25.3 Å². The van der Waals surface area contributed by atoms with E-state index in [0.29, 0.717) is 5.92 Å². The number of hydrogen-bond acceptors (Lipinski definition) is 2. The molecule has 1 aliphatic rings. The molecule has 0 amide bonds. The van der Waals surface area contributed by atoms with E-state index in [2.05, 4.69) is 22.0 Å².